The molecule has 13 heavy (non-hydrogen) atoms. The molecule has 1 heterocycles. The number of nitrogens with zero attached hydrogens (tertiary/aromatic N) is 1. The third-order valence-electron chi connectivity index (χ3n) is 1.84. The van der Waals surface area contributed by atoms with Crippen LogP contribution in [0.4, 0.5) is 0 Å². The Morgan fingerprint density at radius 1 is 1.15 bits per heavy atom. The Kier molecular flexibility index (Phi) is 2.91. The molecule has 0 atom stereocenters. The molecule has 2 aromatic rings. The average molecular weight is 214 g/mol. The number of phenolic OH excluding ortho intramolecular Hbond substituents is 1. The zero-order valence-electron chi connectivity index (χ0n) is 7.16. The van der Waals surface area contributed by atoms with E-state index in [-0.39, 0.29) is 22.8 Å². The molecule has 0 aliphatic heterocycles. The molecule has 1 radical (unpaired) electrons. The van der Waals surface area contributed by atoms with Gasteiger partial charge in [-0.05, 0) is 19.1 Å². The van der Waals surface area contributed by atoms with Crippen molar-refractivity contribution in [1.29, 1.82) is 0 Å². The van der Waals surface area contributed by atoms with Crippen LogP contribution in [0.3, 0.4) is 0 Å². The van der Waals surface area contributed by atoms with Crippen LogP contribution in [-0.2, 0) is 17.1 Å². The van der Waals surface area contributed by atoms with Gasteiger partial charge in [-0.2, -0.15) is 0 Å². The van der Waals surface area contributed by atoms with Crippen LogP contribution in [0.1, 0.15) is 5.69 Å². The van der Waals surface area contributed by atoms with Crippen molar-refractivity contribution in [2.75, 3.05) is 0 Å². The third kappa shape index (κ3) is 1.82. The minimum atomic E-state index is 0. The predicted octanol–water partition coefficient (Wildman–Crippen LogP) is 2.25. The number of pyridine rings is 1. The van der Waals surface area contributed by atoms with Crippen molar-refractivity contribution in [1.82, 2.24) is 4.98 Å². The molecular formula is C10H9MnNO. The summed E-state index contributed by atoms with van der Waals surface area (Å²) in [7, 11) is 0. The molecule has 0 aliphatic carbocycles. The van der Waals surface area contributed by atoms with Gasteiger partial charge in [-0.25, -0.2) is 4.98 Å². The maximum Gasteiger partial charge on any atom is 0.141 e. The SMILES string of the molecule is Cc1ccc2cccc(O)c2n1.[Mn]. The van der Waals surface area contributed by atoms with E-state index in [4.69, 9.17) is 0 Å². The van der Waals surface area contributed by atoms with Crippen molar-refractivity contribution >= 4 is 10.9 Å². The standard InChI is InChI=1S/C10H9NO.Mn/c1-7-5-6-8-3-2-4-9(12)10(8)11-7;/h2-6,12H,1H3;. The maximum atomic E-state index is 9.43. The van der Waals surface area contributed by atoms with Crippen LogP contribution in [0, 0.1) is 6.92 Å². The zero-order chi connectivity index (χ0) is 8.55. The quantitative estimate of drug-likeness (QED) is 0.682. The van der Waals surface area contributed by atoms with Crippen molar-refractivity contribution in [3.63, 3.8) is 0 Å². The first kappa shape index (κ1) is 10.0. The van der Waals surface area contributed by atoms with Gasteiger partial charge in [0.15, 0.2) is 0 Å². The van der Waals surface area contributed by atoms with Gasteiger partial charge in [0.2, 0.25) is 0 Å². The van der Waals surface area contributed by atoms with E-state index in [1.165, 1.54) is 0 Å². The molecule has 0 aliphatic rings. The number of aromatic nitrogens is 1. The summed E-state index contributed by atoms with van der Waals surface area (Å²) < 4.78 is 0. The number of aromatic hydroxyl groups is 1. The van der Waals surface area contributed by atoms with Crippen LogP contribution in [0.25, 0.3) is 10.9 Å². The molecule has 67 valence electrons. The largest absolute Gasteiger partial charge is 0.506 e. The van der Waals surface area contributed by atoms with E-state index >= 15 is 0 Å². The average Bonchev–Trinajstić information content (AvgIpc) is 2.07. The molecule has 3 heteroatoms. The molecule has 0 unspecified atom stereocenters. The second-order valence-electron chi connectivity index (χ2n) is 2.80. The number of hydrogen-bond acceptors (Lipinski definition) is 2. The molecule has 1 N–H and O–H groups in total. The Morgan fingerprint density at radius 2 is 1.92 bits per heavy atom. The van der Waals surface area contributed by atoms with E-state index in [0.29, 0.717) is 5.52 Å². The van der Waals surface area contributed by atoms with E-state index in [9.17, 15) is 5.11 Å². The van der Waals surface area contributed by atoms with Gasteiger partial charge in [0.25, 0.3) is 0 Å². The van der Waals surface area contributed by atoms with E-state index in [1.807, 2.05) is 31.2 Å². The van der Waals surface area contributed by atoms with Gasteiger partial charge in [0.05, 0.1) is 0 Å². The van der Waals surface area contributed by atoms with Crippen LogP contribution < -0.4 is 0 Å². The third-order valence-corrected chi connectivity index (χ3v) is 1.84. The van der Waals surface area contributed by atoms with Crippen molar-refractivity contribution < 1.29 is 22.2 Å². The van der Waals surface area contributed by atoms with Crippen LogP contribution in [0.15, 0.2) is 30.3 Å². The fourth-order valence-corrected chi connectivity index (χ4v) is 1.23. The van der Waals surface area contributed by atoms with Crippen LogP contribution in [0.2, 0.25) is 0 Å². The predicted molar refractivity (Wildman–Crippen MR) is 48.1 cm³/mol. The number of phenols is 1. The number of para-hydroxylation sites is 1. The molecule has 0 saturated heterocycles. The summed E-state index contributed by atoms with van der Waals surface area (Å²) in [5.41, 5.74) is 1.60. The molecule has 1 aromatic carbocycles. The minimum absolute atomic E-state index is 0. The van der Waals surface area contributed by atoms with E-state index in [0.717, 1.165) is 11.1 Å². The Labute approximate surface area is 87.1 Å². The molecule has 1 aromatic heterocycles. The summed E-state index contributed by atoms with van der Waals surface area (Å²) in [6.07, 6.45) is 0. The minimum Gasteiger partial charge on any atom is -0.506 e. The first-order valence-electron chi connectivity index (χ1n) is 3.83. The number of rotatable bonds is 0. The maximum absolute atomic E-state index is 9.43. The van der Waals surface area contributed by atoms with Gasteiger partial charge in [-0.1, -0.05) is 18.2 Å². The van der Waals surface area contributed by atoms with Gasteiger partial charge >= 0.3 is 0 Å². The van der Waals surface area contributed by atoms with E-state index in [2.05, 4.69) is 4.98 Å². The number of fused-ring (bicyclic) bond motifs is 1. The Morgan fingerprint density at radius 3 is 2.69 bits per heavy atom. The normalized spacial score (nSPS) is 9.62. The van der Waals surface area contributed by atoms with Crippen molar-refractivity contribution in [3.8, 4) is 5.75 Å². The monoisotopic (exact) mass is 214 g/mol. The van der Waals surface area contributed by atoms with Gasteiger partial charge in [0.1, 0.15) is 11.3 Å². The Hall–Kier alpha value is -1.05. The van der Waals surface area contributed by atoms with Gasteiger partial charge < -0.3 is 5.11 Å². The number of hydrogen-bond donors (Lipinski definition) is 1. The number of benzene rings is 1. The smallest absolute Gasteiger partial charge is 0.141 e. The molecule has 0 spiro atoms. The summed E-state index contributed by atoms with van der Waals surface area (Å²) in [6.45, 7) is 1.91. The van der Waals surface area contributed by atoms with Gasteiger partial charge in [-0.15, -0.1) is 0 Å². The molecule has 0 bridgehead atoms. The topological polar surface area (TPSA) is 33.1 Å². The Bertz CT molecular complexity index is 428. The van der Waals surface area contributed by atoms with Crippen LogP contribution in [0.5, 0.6) is 5.75 Å². The molecule has 0 amide bonds. The van der Waals surface area contributed by atoms with Crippen LogP contribution in [-0.4, -0.2) is 10.1 Å². The van der Waals surface area contributed by atoms with Crippen molar-refractivity contribution in [2.24, 2.45) is 0 Å². The van der Waals surface area contributed by atoms with E-state index in [1.54, 1.807) is 6.07 Å². The molecule has 2 rings (SSSR count). The summed E-state index contributed by atoms with van der Waals surface area (Å²) in [6, 6.07) is 9.28. The molecule has 2 nitrogen and oxygen atoms in total. The fraction of sp³-hybridized carbons (Fsp3) is 0.100. The van der Waals surface area contributed by atoms with E-state index < -0.39 is 0 Å². The van der Waals surface area contributed by atoms with Crippen LogP contribution >= 0.6 is 0 Å². The second kappa shape index (κ2) is 3.77. The van der Waals surface area contributed by atoms with Crippen molar-refractivity contribution in [2.45, 2.75) is 6.92 Å². The summed E-state index contributed by atoms with van der Waals surface area (Å²) in [4.78, 5) is 4.23. The molecule has 0 fully saturated rings. The Balaban J connectivity index is 0.000000845. The number of aryl methyl sites for hydroxylation is 1. The van der Waals surface area contributed by atoms with Gasteiger partial charge in [0, 0.05) is 28.1 Å². The second-order valence-corrected chi connectivity index (χ2v) is 2.80. The molecule has 0 saturated carbocycles. The van der Waals surface area contributed by atoms with Crippen molar-refractivity contribution in [3.05, 3.63) is 36.0 Å². The summed E-state index contributed by atoms with van der Waals surface area (Å²) >= 11 is 0. The summed E-state index contributed by atoms with van der Waals surface area (Å²) in [5.74, 6) is 0.246. The first-order chi connectivity index (χ1) is 5.77. The van der Waals surface area contributed by atoms with Gasteiger partial charge in [-0.3, -0.25) is 0 Å². The fourth-order valence-electron chi connectivity index (χ4n) is 1.23. The first-order valence-corrected chi connectivity index (χ1v) is 3.83. The summed E-state index contributed by atoms with van der Waals surface area (Å²) in [5, 5.41) is 10.4. The molecular weight excluding hydrogens is 205 g/mol. The zero-order valence-corrected chi connectivity index (χ0v) is 8.34.